The van der Waals surface area contributed by atoms with Crippen LogP contribution < -0.4 is 10.6 Å². The van der Waals surface area contributed by atoms with Crippen molar-refractivity contribution >= 4 is 33.3 Å². The van der Waals surface area contributed by atoms with Crippen LogP contribution in [0.5, 0.6) is 0 Å². The number of carbonyl (C=O) groups excluding carboxylic acids is 1. The van der Waals surface area contributed by atoms with Gasteiger partial charge in [0.25, 0.3) is 5.91 Å². The lowest BCUT2D eigenvalue weighted by Gasteiger charge is -2.09. The van der Waals surface area contributed by atoms with Crippen LogP contribution in [0.1, 0.15) is 16.3 Å². The fourth-order valence-corrected chi connectivity index (χ4v) is 2.22. The molecule has 0 unspecified atom stereocenters. The van der Waals surface area contributed by atoms with E-state index in [0.717, 1.165) is 10.2 Å². The molecule has 0 aliphatic rings. The molecule has 0 saturated heterocycles. The molecular formula is C15H17BrN4O2. The molecule has 6 nitrogen and oxygen atoms in total. The minimum Gasteiger partial charge on any atom is -0.383 e. The maximum atomic E-state index is 12.0. The molecule has 0 saturated carbocycles. The third-order valence-corrected chi connectivity index (χ3v) is 3.25. The summed E-state index contributed by atoms with van der Waals surface area (Å²) in [6.07, 6.45) is 0. The Morgan fingerprint density at radius 3 is 2.86 bits per heavy atom. The monoisotopic (exact) mass is 364 g/mol. The van der Waals surface area contributed by atoms with Crippen LogP contribution in [0.25, 0.3) is 0 Å². The second-order valence-electron chi connectivity index (χ2n) is 4.57. The van der Waals surface area contributed by atoms with Crippen molar-refractivity contribution in [1.29, 1.82) is 0 Å². The fourth-order valence-electron chi connectivity index (χ4n) is 1.82. The van der Waals surface area contributed by atoms with E-state index in [-0.39, 0.29) is 5.91 Å². The normalized spacial score (nSPS) is 10.3. The van der Waals surface area contributed by atoms with Crippen LogP contribution in [0.4, 0.5) is 11.5 Å². The first-order valence-electron chi connectivity index (χ1n) is 6.74. The molecular weight excluding hydrogens is 348 g/mol. The molecule has 1 heterocycles. The minimum atomic E-state index is -0.250. The summed E-state index contributed by atoms with van der Waals surface area (Å²) < 4.78 is 5.86. The Hall–Kier alpha value is -1.99. The van der Waals surface area contributed by atoms with Crippen molar-refractivity contribution in [2.24, 2.45) is 0 Å². The van der Waals surface area contributed by atoms with Gasteiger partial charge in [0.05, 0.1) is 6.61 Å². The maximum Gasteiger partial charge on any atom is 0.270 e. The number of methoxy groups -OCH3 is 1. The molecule has 1 aromatic heterocycles. The molecule has 116 valence electrons. The van der Waals surface area contributed by atoms with Gasteiger partial charge in [0, 0.05) is 29.9 Å². The first-order chi connectivity index (χ1) is 10.6. The van der Waals surface area contributed by atoms with Crippen molar-refractivity contribution in [3.05, 3.63) is 46.3 Å². The molecule has 2 N–H and O–H groups in total. The Bertz CT molecular complexity index is 664. The minimum absolute atomic E-state index is 0.250. The number of rotatable bonds is 6. The topological polar surface area (TPSA) is 76.1 Å². The lowest BCUT2D eigenvalue weighted by molar-refractivity contribution is 0.0932. The lowest BCUT2D eigenvalue weighted by Crippen LogP contribution is -2.28. The van der Waals surface area contributed by atoms with Gasteiger partial charge in [-0.3, -0.25) is 4.79 Å². The highest BCUT2D eigenvalue weighted by Gasteiger charge is 2.10. The summed E-state index contributed by atoms with van der Waals surface area (Å²) in [5, 5.41) is 5.90. The first kappa shape index (κ1) is 16.4. The van der Waals surface area contributed by atoms with Crippen LogP contribution in [0.3, 0.4) is 0 Å². The molecule has 0 aliphatic heterocycles. The zero-order valence-electron chi connectivity index (χ0n) is 12.4. The van der Waals surface area contributed by atoms with E-state index < -0.39 is 0 Å². The molecule has 0 spiro atoms. The first-order valence-corrected chi connectivity index (χ1v) is 7.53. The van der Waals surface area contributed by atoms with Crippen molar-refractivity contribution in [3.63, 3.8) is 0 Å². The van der Waals surface area contributed by atoms with Gasteiger partial charge in [-0.2, -0.15) is 0 Å². The summed E-state index contributed by atoms with van der Waals surface area (Å²) in [4.78, 5) is 20.5. The molecule has 0 radical (unpaired) electrons. The largest absolute Gasteiger partial charge is 0.383 e. The second-order valence-corrected chi connectivity index (χ2v) is 5.49. The highest BCUT2D eigenvalue weighted by atomic mass is 79.9. The van der Waals surface area contributed by atoms with Gasteiger partial charge in [-0.15, -0.1) is 0 Å². The summed E-state index contributed by atoms with van der Waals surface area (Å²) in [5.41, 5.74) is 1.19. The Morgan fingerprint density at radius 1 is 1.32 bits per heavy atom. The van der Waals surface area contributed by atoms with Crippen molar-refractivity contribution in [2.75, 3.05) is 25.6 Å². The van der Waals surface area contributed by atoms with Gasteiger partial charge in [0.1, 0.15) is 17.3 Å². The average Bonchev–Trinajstić information content (AvgIpc) is 2.46. The van der Waals surface area contributed by atoms with E-state index in [1.54, 1.807) is 20.1 Å². The number of carbonyl (C=O) groups is 1. The number of anilines is 2. The summed E-state index contributed by atoms with van der Waals surface area (Å²) in [6, 6.07) is 9.32. The number of aryl methyl sites for hydroxylation is 1. The summed E-state index contributed by atoms with van der Waals surface area (Å²) >= 11 is 3.41. The van der Waals surface area contributed by atoms with Crippen molar-refractivity contribution in [1.82, 2.24) is 15.3 Å². The van der Waals surface area contributed by atoms with Crippen LogP contribution in [-0.4, -0.2) is 36.1 Å². The lowest BCUT2D eigenvalue weighted by atomic mass is 10.3. The molecule has 2 rings (SSSR count). The molecule has 1 amide bonds. The quantitative estimate of drug-likeness (QED) is 0.770. The summed E-state index contributed by atoms with van der Waals surface area (Å²) in [7, 11) is 1.58. The number of nitrogens with zero attached hydrogens (tertiary/aromatic N) is 2. The van der Waals surface area contributed by atoms with E-state index in [4.69, 9.17) is 4.74 Å². The zero-order valence-corrected chi connectivity index (χ0v) is 14.0. The smallest absolute Gasteiger partial charge is 0.270 e. The molecule has 0 bridgehead atoms. The van der Waals surface area contributed by atoms with E-state index in [0.29, 0.717) is 30.5 Å². The number of hydrogen-bond acceptors (Lipinski definition) is 5. The van der Waals surface area contributed by atoms with E-state index in [1.165, 1.54) is 0 Å². The van der Waals surface area contributed by atoms with Gasteiger partial charge in [-0.25, -0.2) is 9.97 Å². The molecule has 0 atom stereocenters. The fraction of sp³-hybridized carbons (Fsp3) is 0.267. The van der Waals surface area contributed by atoms with Gasteiger partial charge >= 0.3 is 0 Å². The van der Waals surface area contributed by atoms with Crippen LogP contribution in [-0.2, 0) is 4.74 Å². The maximum absolute atomic E-state index is 12.0. The number of benzene rings is 1. The SMILES string of the molecule is COCCNC(=O)c1cc(Nc2cccc(Br)c2)nc(C)n1. The summed E-state index contributed by atoms with van der Waals surface area (Å²) in [6.45, 7) is 2.64. The van der Waals surface area contributed by atoms with Crippen LogP contribution in [0, 0.1) is 6.92 Å². The highest BCUT2D eigenvalue weighted by molar-refractivity contribution is 9.10. The van der Waals surface area contributed by atoms with E-state index >= 15 is 0 Å². The molecule has 1 aromatic carbocycles. The Labute approximate surface area is 137 Å². The molecule has 7 heteroatoms. The third-order valence-electron chi connectivity index (χ3n) is 2.76. The number of nitrogens with one attached hydrogen (secondary N) is 2. The third kappa shape index (κ3) is 4.78. The average molecular weight is 365 g/mol. The number of ether oxygens (including phenoxy) is 1. The van der Waals surface area contributed by atoms with Crippen LogP contribution in [0.15, 0.2) is 34.8 Å². The van der Waals surface area contributed by atoms with E-state index in [9.17, 15) is 4.79 Å². The van der Waals surface area contributed by atoms with Gasteiger partial charge < -0.3 is 15.4 Å². The van der Waals surface area contributed by atoms with Crippen LogP contribution in [0.2, 0.25) is 0 Å². The Kier molecular flexibility index (Phi) is 5.85. The highest BCUT2D eigenvalue weighted by Crippen LogP contribution is 2.19. The van der Waals surface area contributed by atoms with Gasteiger partial charge in [0.15, 0.2) is 0 Å². The molecule has 0 fully saturated rings. The number of amides is 1. The molecule has 22 heavy (non-hydrogen) atoms. The predicted octanol–water partition coefficient (Wildman–Crippen LogP) is 2.67. The molecule has 0 aliphatic carbocycles. The molecule has 2 aromatic rings. The van der Waals surface area contributed by atoms with Crippen molar-refractivity contribution < 1.29 is 9.53 Å². The Morgan fingerprint density at radius 2 is 2.14 bits per heavy atom. The van der Waals surface area contributed by atoms with E-state index in [2.05, 4.69) is 36.5 Å². The van der Waals surface area contributed by atoms with Gasteiger partial charge in [-0.05, 0) is 25.1 Å². The van der Waals surface area contributed by atoms with E-state index in [1.807, 2.05) is 24.3 Å². The second kappa shape index (κ2) is 7.86. The van der Waals surface area contributed by atoms with Crippen LogP contribution >= 0.6 is 15.9 Å². The number of hydrogen-bond donors (Lipinski definition) is 2. The van der Waals surface area contributed by atoms with Crippen molar-refractivity contribution in [2.45, 2.75) is 6.92 Å². The predicted molar refractivity (Wildman–Crippen MR) is 88.4 cm³/mol. The number of halogens is 1. The summed E-state index contributed by atoms with van der Waals surface area (Å²) in [5.74, 6) is 0.847. The van der Waals surface area contributed by atoms with Gasteiger partial charge in [0.2, 0.25) is 0 Å². The number of aromatic nitrogens is 2. The zero-order chi connectivity index (χ0) is 15.9. The van der Waals surface area contributed by atoms with Crippen molar-refractivity contribution in [3.8, 4) is 0 Å². The van der Waals surface area contributed by atoms with Gasteiger partial charge in [-0.1, -0.05) is 22.0 Å². The Balaban J connectivity index is 2.14. The standard InChI is InChI=1S/C15H17BrN4O2/c1-10-18-13(15(21)17-6-7-22-2)9-14(19-10)20-12-5-3-4-11(16)8-12/h3-5,8-9H,6-7H2,1-2H3,(H,17,21)(H,18,19,20).